The number of nitrogens with zero attached hydrogens (tertiary/aromatic N) is 4. The number of rotatable bonds is 7. The summed E-state index contributed by atoms with van der Waals surface area (Å²) in [7, 11) is 1.66. The summed E-state index contributed by atoms with van der Waals surface area (Å²) in [6.45, 7) is 7.21. The molecule has 0 aromatic carbocycles. The van der Waals surface area contributed by atoms with Crippen LogP contribution in [0.1, 0.15) is 12.6 Å². The minimum Gasteiger partial charge on any atom is -0.382 e. The minimum atomic E-state index is 0.507. The van der Waals surface area contributed by atoms with Crippen molar-refractivity contribution in [2.75, 3.05) is 32.7 Å². The molecule has 0 fully saturated rings. The molecular weight excluding hydrogens is 246 g/mol. The highest BCUT2D eigenvalue weighted by Gasteiger charge is 2.16. The van der Waals surface area contributed by atoms with Crippen LogP contribution in [0.5, 0.6) is 0 Å². The topological polar surface area (TPSA) is 80.1 Å². The first kappa shape index (κ1) is 13.8. The number of anilines is 1. The Morgan fingerprint density at radius 2 is 2.05 bits per heavy atom. The Labute approximate surface area is 112 Å². The Kier molecular flexibility index (Phi) is 4.39. The third-order valence-corrected chi connectivity index (χ3v) is 3.02. The van der Waals surface area contributed by atoms with Crippen LogP contribution < -0.4 is 5.73 Å². The van der Waals surface area contributed by atoms with Crippen molar-refractivity contribution in [2.24, 2.45) is 0 Å². The standard InChI is InChI=1S/C12H21N5O2/c1-4-17-11-10(9(2)15-17)14-12(13)16(11)5-6-19-8-7-18-3/h4-8H2,1-3H3,(H2,13,14). The summed E-state index contributed by atoms with van der Waals surface area (Å²) in [5.41, 5.74) is 8.70. The number of hydrogen-bond donors (Lipinski definition) is 1. The second kappa shape index (κ2) is 6.03. The second-order valence-electron chi connectivity index (χ2n) is 4.30. The van der Waals surface area contributed by atoms with Gasteiger partial charge in [0.25, 0.3) is 0 Å². The number of fused-ring (bicyclic) bond motifs is 1. The Balaban J connectivity index is 2.15. The lowest BCUT2D eigenvalue weighted by atomic mass is 10.4. The molecule has 0 saturated carbocycles. The van der Waals surface area contributed by atoms with Gasteiger partial charge in [-0.3, -0.25) is 4.57 Å². The molecule has 0 radical (unpaired) electrons. The summed E-state index contributed by atoms with van der Waals surface area (Å²) in [5, 5.41) is 4.44. The van der Waals surface area contributed by atoms with Gasteiger partial charge in [-0.1, -0.05) is 0 Å². The normalized spacial score (nSPS) is 11.5. The van der Waals surface area contributed by atoms with E-state index in [2.05, 4.69) is 17.0 Å². The summed E-state index contributed by atoms with van der Waals surface area (Å²) in [4.78, 5) is 4.37. The highest BCUT2D eigenvalue weighted by atomic mass is 16.5. The molecule has 19 heavy (non-hydrogen) atoms. The Morgan fingerprint density at radius 3 is 2.74 bits per heavy atom. The summed E-state index contributed by atoms with van der Waals surface area (Å²) >= 11 is 0. The average molecular weight is 267 g/mol. The molecule has 0 aliphatic carbocycles. The van der Waals surface area contributed by atoms with Crippen molar-refractivity contribution in [3.8, 4) is 0 Å². The molecule has 0 aliphatic heterocycles. The molecule has 2 N–H and O–H groups in total. The lowest BCUT2D eigenvalue weighted by Gasteiger charge is -2.08. The Hall–Kier alpha value is -1.60. The first-order valence-electron chi connectivity index (χ1n) is 6.44. The molecule has 0 unspecified atom stereocenters. The number of ether oxygens (including phenoxy) is 2. The van der Waals surface area contributed by atoms with Crippen LogP contribution in [0.25, 0.3) is 11.2 Å². The monoisotopic (exact) mass is 267 g/mol. The van der Waals surface area contributed by atoms with Crippen LogP contribution in [-0.2, 0) is 22.6 Å². The van der Waals surface area contributed by atoms with Gasteiger partial charge in [0, 0.05) is 13.7 Å². The van der Waals surface area contributed by atoms with Gasteiger partial charge in [-0.05, 0) is 13.8 Å². The first-order chi connectivity index (χ1) is 9.19. The summed E-state index contributed by atoms with van der Waals surface area (Å²) in [5.74, 6) is 0.507. The van der Waals surface area contributed by atoms with E-state index in [0.29, 0.717) is 32.3 Å². The molecule has 0 bridgehead atoms. The average Bonchev–Trinajstić information content (AvgIpc) is 2.88. The van der Waals surface area contributed by atoms with Gasteiger partial charge in [0.2, 0.25) is 5.95 Å². The zero-order valence-corrected chi connectivity index (χ0v) is 11.7. The van der Waals surface area contributed by atoms with Gasteiger partial charge in [-0.25, -0.2) is 9.67 Å². The van der Waals surface area contributed by atoms with E-state index in [0.717, 1.165) is 23.4 Å². The summed E-state index contributed by atoms with van der Waals surface area (Å²) < 4.78 is 14.3. The van der Waals surface area contributed by atoms with E-state index in [9.17, 15) is 0 Å². The maximum atomic E-state index is 5.96. The van der Waals surface area contributed by atoms with Crippen LogP contribution in [0.4, 0.5) is 5.95 Å². The van der Waals surface area contributed by atoms with Gasteiger partial charge < -0.3 is 15.2 Å². The number of aromatic nitrogens is 4. The smallest absolute Gasteiger partial charge is 0.202 e. The highest BCUT2D eigenvalue weighted by molar-refractivity contribution is 5.77. The van der Waals surface area contributed by atoms with Crippen molar-refractivity contribution < 1.29 is 9.47 Å². The van der Waals surface area contributed by atoms with E-state index in [1.807, 2.05) is 16.2 Å². The first-order valence-corrected chi connectivity index (χ1v) is 6.44. The van der Waals surface area contributed by atoms with Gasteiger partial charge in [-0.15, -0.1) is 0 Å². The minimum absolute atomic E-state index is 0.507. The maximum absolute atomic E-state index is 5.96. The molecule has 2 aromatic heterocycles. The van der Waals surface area contributed by atoms with E-state index in [4.69, 9.17) is 15.2 Å². The zero-order valence-electron chi connectivity index (χ0n) is 11.7. The van der Waals surface area contributed by atoms with Gasteiger partial charge in [0.1, 0.15) is 5.52 Å². The third-order valence-electron chi connectivity index (χ3n) is 3.02. The lowest BCUT2D eigenvalue weighted by molar-refractivity contribution is 0.0670. The molecule has 7 heteroatoms. The number of aryl methyl sites for hydroxylation is 2. The fourth-order valence-electron chi connectivity index (χ4n) is 2.08. The van der Waals surface area contributed by atoms with Crippen LogP contribution in [0.3, 0.4) is 0 Å². The molecular formula is C12H21N5O2. The summed E-state index contributed by atoms with van der Waals surface area (Å²) in [6.07, 6.45) is 0. The predicted octanol–water partition coefficient (Wildman–Crippen LogP) is 0.806. The van der Waals surface area contributed by atoms with Crippen molar-refractivity contribution in [1.29, 1.82) is 0 Å². The third kappa shape index (κ3) is 2.71. The molecule has 2 aromatic rings. The molecule has 106 valence electrons. The number of nitrogens with two attached hydrogens (primary N) is 1. The predicted molar refractivity (Wildman–Crippen MR) is 73.0 cm³/mol. The van der Waals surface area contributed by atoms with Crippen LogP contribution in [0.2, 0.25) is 0 Å². The fourth-order valence-corrected chi connectivity index (χ4v) is 2.08. The van der Waals surface area contributed by atoms with Crippen LogP contribution >= 0.6 is 0 Å². The van der Waals surface area contributed by atoms with Gasteiger partial charge >= 0.3 is 0 Å². The molecule has 2 heterocycles. The van der Waals surface area contributed by atoms with Crippen molar-refractivity contribution in [2.45, 2.75) is 26.9 Å². The molecule has 0 spiro atoms. The van der Waals surface area contributed by atoms with Crippen molar-refractivity contribution >= 4 is 17.1 Å². The molecule has 0 aliphatic rings. The Bertz CT molecular complexity index is 546. The lowest BCUT2D eigenvalue weighted by Crippen LogP contribution is -2.13. The van der Waals surface area contributed by atoms with E-state index >= 15 is 0 Å². The number of methoxy groups -OCH3 is 1. The maximum Gasteiger partial charge on any atom is 0.202 e. The number of hydrogen-bond acceptors (Lipinski definition) is 5. The largest absolute Gasteiger partial charge is 0.382 e. The van der Waals surface area contributed by atoms with Crippen molar-refractivity contribution in [3.05, 3.63) is 5.69 Å². The molecule has 0 amide bonds. The van der Waals surface area contributed by atoms with E-state index in [-0.39, 0.29) is 0 Å². The number of imidazole rings is 1. The van der Waals surface area contributed by atoms with Gasteiger partial charge in [-0.2, -0.15) is 5.10 Å². The Morgan fingerprint density at radius 1 is 1.26 bits per heavy atom. The molecule has 2 rings (SSSR count). The van der Waals surface area contributed by atoms with E-state index in [1.165, 1.54) is 0 Å². The zero-order chi connectivity index (χ0) is 13.8. The van der Waals surface area contributed by atoms with Crippen LogP contribution in [-0.4, -0.2) is 46.3 Å². The van der Waals surface area contributed by atoms with Crippen LogP contribution in [0, 0.1) is 6.92 Å². The van der Waals surface area contributed by atoms with Gasteiger partial charge in [0.05, 0.1) is 32.1 Å². The highest BCUT2D eigenvalue weighted by Crippen LogP contribution is 2.20. The van der Waals surface area contributed by atoms with E-state index in [1.54, 1.807) is 7.11 Å². The quantitative estimate of drug-likeness (QED) is 0.751. The SMILES string of the molecule is CCn1nc(C)c2nc(N)n(CCOCCOC)c21. The van der Waals surface area contributed by atoms with Crippen molar-refractivity contribution in [3.63, 3.8) is 0 Å². The second-order valence-corrected chi connectivity index (χ2v) is 4.30. The molecule has 7 nitrogen and oxygen atoms in total. The fraction of sp³-hybridized carbons (Fsp3) is 0.667. The van der Waals surface area contributed by atoms with E-state index < -0.39 is 0 Å². The summed E-state index contributed by atoms with van der Waals surface area (Å²) in [6, 6.07) is 0. The van der Waals surface area contributed by atoms with Gasteiger partial charge in [0.15, 0.2) is 5.65 Å². The molecule has 0 atom stereocenters. The molecule has 0 saturated heterocycles. The van der Waals surface area contributed by atoms with Crippen molar-refractivity contribution in [1.82, 2.24) is 19.3 Å². The number of nitrogen functional groups attached to an aromatic ring is 1. The van der Waals surface area contributed by atoms with Crippen LogP contribution in [0.15, 0.2) is 0 Å².